The van der Waals surface area contributed by atoms with Gasteiger partial charge in [0.25, 0.3) is 0 Å². The maximum Gasteiger partial charge on any atom is 0.304 e. The fourth-order valence-corrected chi connectivity index (χ4v) is 2.70. The Morgan fingerprint density at radius 2 is 1.90 bits per heavy atom. The van der Waals surface area contributed by atoms with Crippen LogP contribution in [0.3, 0.4) is 0 Å². The lowest BCUT2D eigenvalue weighted by molar-refractivity contribution is -0.137. The van der Waals surface area contributed by atoms with Crippen LogP contribution in [0.5, 0.6) is 0 Å². The van der Waals surface area contributed by atoms with Crippen molar-refractivity contribution in [3.63, 3.8) is 0 Å². The summed E-state index contributed by atoms with van der Waals surface area (Å²) in [6, 6.07) is 2.60. The second kappa shape index (κ2) is 7.25. The molecule has 0 aromatic heterocycles. The van der Waals surface area contributed by atoms with Gasteiger partial charge in [0.2, 0.25) is 0 Å². The van der Waals surface area contributed by atoms with E-state index >= 15 is 0 Å². The molecular weight excluding hydrogens is 304 g/mol. The van der Waals surface area contributed by atoms with Crippen molar-refractivity contribution in [2.24, 2.45) is 0 Å². The van der Waals surface area contributed by atoms with E-state index in [2.05, 4.69) is 0 Å². The molecule has 20 heavy (non-hydrogen) atoms. The van der Waals surface area contributed by atoms with Gasteiger partial charge < -0.3 is 5.11 Å². The van der Waals surface area contributed by atoms with Crippen molar-refractivity contribution in [3.8, 4) is 0 Å². The third kappa shape index (κ3) is 4.33. The Morgan fingerprint density at radius 3 is 2.40 bits per heavy atom. The van der Waals surface area contributed by atoms with E-state index in [1.54, 1.807) is 0 Å². The predicted molar refractivity (Wildman–Crippen MR) is 78.9 cm³/mol. The van der Waals surface area contributed by atoms with Gasteiger partial charge in [-0.15, -0.1) is 0 Å². The fourth-order valence-electron chi connectivity index (χ4n) is 2.16. The summed E-state index contributed by atoms with van der Waals surface area (Å²) in [5, 5.41) is 9.16. The van der Waals surface area contributed by atoms with E-state index in [4.69, 9.17) is 28.3 Å². The molecule has 1 aromatic carbocycles. The first-order valence-corrected chi connectivity index (χ1v) is 7.11. The summed E-state index contributed by atoms with van der Waals surface area (Å²) in [5.41, 5.74) is 0.604. The minimum absolute atomic E-state index is 0.0208. The number of rotatable bonds is 6. The van der Waals surface area contributed by atoms with E-state index < -0.39 is 11.8 Å². The number of carboxylic acid groups (broad SMARTS) is 1. The third-order valence-corrected chi connectivity index (χ3v) is 3.85. The quantitative estimate of drug-likeness (QED) is 0.790. The SMILES string of the molecule is CC(C)N(CCC(=O)O)C(C)c1cc(F)c(Cl)cc1Cl. The number of carboxylic acids is 1. The summed E-state index contributed by atoms with van der Waals surface area (Å²) in [5.74, 6) is -1.39. The molecule has 1 atom stereocenters. The minimum Gasteiger partial charge on any atom is -0.481 e. The Kier molecular flexibility index (Phi) is 6.24. The highest BCUT2D eigenvalue weighted by molar-refractivity contribution is 6.35. The van der Waals surface area contributed by atoms with E-state index in [1.807, 2.05) is 25.7 Å². The van der Waals surface area contributed by atoms with E-state index in [0.29, 0.717) is 17.1 Å². The first-order valence-electron chi connectivity index (χ1n) is 6.36. The van der Waals surface area contributed by atoms with Gasteiger partial charge in [-0.25, -0.2) is 4.39 Å². The van der Waals surface area contributed by atoms with E-state index in [-0.39, 0.29) is 23.5 Å². The summed E-state index contributed by atoms with van der Waals surface area (Å²) in [6.07, 6.45) is 0.0240. The predicted octanol–water partition coefficient (Wildman–Crippen LogP) is 4.38. The molecule has 0 spiro atoms. The smallest absolute Gasteiger partial charge is 0.304 e. The molecule has 0 radical (unpaired) electrons. The highest BCUT2D eigenvalue weighted by atomic mass is 35.5. The molecule has 0 aliphatic carbocycles. The van der Waals surface area contributed by atoms with Crippen LogP contribution in [0.2, 0.25) is 10.0 Å². The van der Waals surface area contributed by atoms with Crippen molar-refractivity contribution in [2.45, 2.75) is 39.3 Å². The van der Waals surface area contributed by atoms with Crippen LogP contribution in [0.15, 0.2) is 12.1 Å². The lowest BCUT2D eigenvalue weighted by atomic mass is 10.0. The van der Waals surface area contributed by atoms with Crippen molar-refractivity contribution in [1.82, 2.24) is 4.90 Å². The molecule has 1 N–H and O–H groups in total. The molecule has 0 heterocycles. The Morgan fingerprint density at radius 1 is 1.30 bits per heavy atom. The van der Waals surface area contributed by atoms with Crippen molar-refractivity contribution in [1.29, 1.82) is 0 Å². The van der Waals surface area contributed by atoms with Crippen molar-refractivity contribution < 1.29 is 14.3 Å². The number of benzene rings is 1. The maximum atomic E-state index is 13.6. The van der Waals surface area contributed by atoms with Crippen LogP contribution < -0.4 is 0 Å². The lowest BCUT2D eigenvalue weighted by Crippen LogP contribution is -2.35. The number of aliphatic carboxylic acids is 1. The van der Waals surface area contributed by atoms with Crippen LogP contribution in [0.4, 0.5) is 4.39 Å². The monoisotopic (exact) mass is 321 g/mol. The van der Waals surface area contributed by atoms with Gasteiger partial charge in [-0.3, -0.25) is 9.69 Å². The molecule has 0 bridgehead atoms. The van der Waals surface area contributed by atoms with Crippen LogP contribution >= 0.6 is 23.2 Å². The topological polar surface area (TPSA) is 40.5 Å². The molecule has 0 amide bonds. The van der Waals surface area contributed by atoms with Gasteiger partial charge in [0.1, 0.15) is 5.82 Å². The summed E-state index contributed by atoms with van der Waals surface area (Å²) in [6.45, 7) is 6.15. The minimum atomic E-state index is -0.865. The van der Waals surface area contributed by atoms with Crippen LogP contribution in [0.1, 0.15) is 38.8 Å². The molecule has 0 saturated carbocycles. The van der Waals surface area contributed by atoms with Gasteiger partial charge in [0.15, 0.2) is 0 Å². The van der Waals surface area contributed by atoms with Gasteiger partial charge in [-0.05, 0) is 38.5 Å². The molecule has 0 aliphatic rings. The average molecular weight is 322 g/mol. The number of hydrogen-bond donors (Lipinski definition) is 1. The zero-order valence-corrected chi connectivity index (χ0v) is 13.2. The first-order chi connectivity index (χ1) is 9.23. The number of carbonyl (C=O) groups is 1. The number of hydrogen-bond acceptors (Lipinski definition) is 2. The number of nitrogens with zero attached hydrogens (tertiary/aromatic N) is 1. The average Bonchev–Trinajstić information content (AvgIpc) is 2.32. The van der Waals surface area contributed by atoms with Crippen molar-refractivity contribution in [3.05, 3.63) is 33.6 Å². The first kappa shape index (κ1) is 17.2. The van der Waals surface area contributed by atoms with Gasteiger partial charge in [-0.1, -0.05) is 23.2 Å². The van der Waals surface area contributed by atoms with Crippen LogP contribution in [-0.4, -0.2) is 28.6 Å². The highest BCUT2D eigenvalue weighted by Gasteiger charge is 2.22. The van der Waals surface area contributed by atoms with E-state index in [1.165, 1.54) is 12.1 Å². The highest BCUT2D eigenvalue weighted by Crippen LogP contribution is 2.32. The van der Waals surface area contributed by atoms with Crippen molar-refractivity contribution in [2.75, 3.05) is 6.54 Å². The summed E-state index contributed by atoms with van der Waals surface area (Å²) in [4.78, 5) is 12.7. The van der Waals surface area contributed by atoms with Gasteiger partial charge in [-0.2, -0.15) is 0 Å². The zero-order chi connectivity index (χ0) is 15.4. The second-order valence-corrected chi connectivity index (χ2v) is 5.75. The van der Waals surface area contributed by atoms with Gasteiger partial charge in [0.05, 0.1) is 11.4 Å². The summed E-state index contributed by atoms with van der Waals surface area (Å²) < 4.78 is 13.6. The third-order valence-electron chi connectivity index (χ3n) is 3.23. The van der Waals surface area contributed by atoms with E-state index in [0.717, 1.165) is 0 Å². The summed E-state index contributed by atoms with van der Waals surface area (Å²) >= 11 is 11.8. The fraction of sp³-hybridized carbons (Fsp3) is 0.500. The Hall–Kier alpha value is -0.840. The largest absolute Gasteiger partial charge is 0.481 e. The van der Waals surface area contributed by atoms with Crippen LogP contribution in [-0.2, 0) is 4.79 Å². The Balaban J connectivity index is 3.02. The standard InChI is InChI=1S/C14H18Cl2FNO2/c1-8(2)18(5-4-14(19)20)9(3)10-6-13(17)12(16)7-11(10)15/h6-9H,4-5H2,1-3H3,(H,19,20). The molecule has 1 unspecified atom stereocenters. The van der Waals surface area contributed by atoms with Crippen LogP contribution in [0.25, 0.3) is 0 Å². The zero-order valence-electron chi connectivity index (χ0n) is 11.7. The Labute approximate surface area is 128 Å². The molecular formula is C14H18Cl2FNO2. The molecule has 1 aromatic rings. The van der Waals surface area contributed by atoms with Gasteiger partial charge >= 0.3 is 5.97 Å². The molecule has 0 aliphatic heterocycles. The van der Waals surface area contributed by atoms with E-state index in [9.17, 15) is 9.18 Å². The Bertz CT molecular complexity index is 494. The molecule has 0 fully saturated rings. The molecule has 0 saturated heterocycles. The van der Waals surface area contributed by atoms with Gasteiger partial charge in [0, 0.05) is 23.7 Å². The molecule has 6 heteroatoms. The second-order valence-electron chi connectivity index (χ2n) is 4.94. The molecule has 112 valence electrons. The molecule has 3 nitrogen and oxygen atoms in total. The normalized spacial score (nSPS) is 13.0. The lowest BCUT2D eigenvalue weighted by Gasteiger charge is -2.33. The maximum absolute atomic E-state index is 13.6. The van der Waals surface area contributed by atoms with Crippen LogP contribution in [0, 0.1) is 5.82 Å². The summed E-state index contributed by atoms with van der Waals surface area (Å²) in [7, 11) is 0. The van der Waals surface area contributed by atoms with Crippen molar-refractivity contribution >= 4 is 29.2 Å². The molecule has 1 rings (SSSR count). The number of halogens is 3.